The second-order valence-corrected chi connectivity index (χ2v) is 0.997. The molecule has 0 aromatic heterocycles. The zero-order valence-electron chi connectivity index (χ0n) is 4.05. The lowest BCUT2D eigenvalue weighted by Crippen LogP contribution is -1.85. The van der Waals surface area contributed by atoms with Gasteiger partial charge in [0.25, 0.3) is 0 Å². The molecule has 7 heavy (non-hydrogen) atoms. The van der Waals surface area contributed by atoms with Crippen molar-refractivity contribution in [1.29, 1.82) is 5.26 Å². The molecule has 0 unspecified atom stereocenters. The van der Waals surface area contributed by atoms with Gasteiger partial charge in [-0.25, -0.2) is 0 Å². The highest BCUT2D eigenvalue weighted by Crippen LogP contribution is 1.69. The predicted octanol–water partition coefficient (Wildman–Crippen LogP) is -0.0793. The Morgan fingerprint density at radius 3 is 2.71 bits per heavy atom. The van der Waals surface area contributed by atoms with Crippen molar-refractivity contribution in [3.8, 4) is 6.07 Å². The van der Waals surface area contributed by atoms with Gasteiger partial charge in [-0.15, -0.1) is 0 Å². The van der Waals surface area contributed by atoms with Crippen molar-refractivity contribution in [2.24, 2.45) is 4.99 Å². The molecular formula is C4H6N2O. The first-order valence-electron chi connectivity index (χ1n) is 1.83. The van der Waals surface area contributed by atoms with Gasteiger partial charge in [0.05, 0.1) is 0 Å². The molecule has 3 heteroatoms. The molecule has 1 N–H and O–H groups in total. The zero-order chi connectivity index (χ0) is 5.70. The van der Waals surface area contributed by atoms with Crippen LogP contribution >= 0.6 is 0 Å². The fraction of sp³-hybridized carbons (Fsp3) is 0.500. The molecule has 0 bridgehead atoms. The predicted molar refractivity (Wildman–Crippen MR) is 25.8 cm³/mol. The Kier molecular flexibility index (Phi) is 2.90. The van der Waals surface area contributed by atoms with E-state index in [1.165, 1.54) is 6.92 Å². The fourth-order valence-corrected chi connectivity index (χ4v) is 0.141. The number of hydrogen-bond acceptors (Lipinski definition) is 3. The van der Waals surface area contributed by atoms with Crippen LogP contribution in [0.15, 0.2) is 4.99 Å². The summed E-state index contributed by atoms with van der Waals surface area (Å²) < 4.78 is 0. The molecule has 0 rings (SSSR count). The van der Waals surface area contributed by atoms with Crippen LogP contribution in [0.2, 0.25) is 0 Å². The molecule has 0 aliphatic rings. The van der Waals surface area contributed by atoms with Crippen molar-refractivity contribution in [3.63, 3.8) is 0 Å². The maximum Gasteiger partial charge on any atom is 0.135 e. The SMILES string of the molecule is C/C(C#N)=N\CO. The van der Waals surface area contributed by atoms with Crippen molar-refractivity contribution in [3.05, 3.63) is 0 Å². The molecule has 0 radical (unpaired) electrons. The van der Waals surface area contributed by atoms with Gasteiger partial charge in [-0.2, -0.15) is 5.26 Å². The highest BCUT2D eigenvalue weighted by atomic mass is 16.3. The molecular weight excluding hydrogens is 92.1 g/mol. The summed E-state index contributed by atoms with van der Waals surface area (Å²) in [4.78, 5) is 3.35. The van der Waals surface area contributed by atoms with Crippen LogP contribution in [0.4, 0.5) is 0 Å². The number of rotatable bonds is 1. The Bertz CT molecular complexity index is 111. The van der Waals surface area contributed by atoms with E-state index in [0.29, 0.717) is 5.71 Å². The van der Waals surface area contributed by atoms with Crippen molar-refractivity contribution in [2.75, 3.05) is 6.73 Å². The summed E-state index contributed by atoms with van der Waals surface area (Å²) >= 11 is 0. The van der Waals surface area contributed by atoms with E-state index in [1.54, 1.807) is 6.07 Å². The van der Waals surface area contributed by atoms with Gasteiger partial charge in [0, 0.05) is 0 Å². The quantitative estimate of drug-likeness (QED) is 0.466. The van der Waals surface area contributed by atoms with Gasteiger partial charge in [0.2, 0.25) is 0 Å². The van der Waals surface area contributed by atoms with Crippen LogP contribution in [0.3, 0.4) is 0 Å². The van der Waals surface area contributed by atoms with Gasteiger partial charge >= 0.3 is 0 Å². The van der Waals surface area contributed by atoms with Gasteiger partial charge in [-0.1, -0.05) is 0 Å². The number of nitrogens with zero attached hydrogens (tertiary/aromatic N) is 2. The number of aliphatic imine (C=N–C) groups is 1. The first kappa shape index (κ1) is 6.12. The minimum absolute atomic E-state index is 0.292. The topological polar surface area (TPSA) is 56.4 Å². The molecule has 0 heterocycles. The molecule has 38 valence electrons. The van der Waals surface area contributed by atoms with Gasteiger partial charge in [0.15, 0.2) is 0 Å². The van der Waals surface area contributed by atoms with Crippen LogP contribution < -0.4 is 0 Å². The summed E-state index contributed by atoms with van der Waals surface area (Å²) in [5.41, 5.74) is 0.308. The minimum Gasteiger partial charge on any atom is -0.375 e. The smallest absolute Gasteiger partial charge is 0.135 e. The summed E-state index contributed by atoms with van der Waals surface area (Å²) in [6, 6.07) is 1.76. The maximum atomic E-state index is 8.03. The molecule has 0 saturated carbocycles. The van der Waals surface area contributed by atoms with Gasteiger partial charge < -0.3 is 5.11 Å². The lowest BCUT2D eigenvalue weighted by molar-refractivity contribution is 0.309. The molecule has 0 aliphatic heterocycles. The normalized spacial score (nSPS) is 10.7. The Morgan fingerprint density at radius 1 is 2.00 bits per heavy atom. The molecule has 0 fully saturated rings. The first-order chi connectivity index (χ1) is 3.31. The van der Waals surface area contributed by atoms with E-state index in [4.69, 9.17) is 10.4 Å². The Balaban J connectivity index is 3.57. The van der Waals surface area contributed by atoms with Gasteiger partial charge in [0.1, 0.15) is 18.5 Å². The molecule has 0 spiro atoms. The standard InChI is InChI=1S/C4H6N2O/c1-4(2-5)6-3-7/h7H,3H2,1H3/b6-4+. The van der Waals surface area contributed by atoms with Crippen LogP contribution in [0, 0.1) is 11.3 Å². The van der Waals surface area contributed by atoms with E-state index in [-0.39, 0.29) is 6.73 Å². The average molecular weight is 98.1 g/mol. The van der Waals surface area contributed by atoms with E-state index in [0.717, 1.165) is 0 Å². The van der Waals surface area contributed by atoms with Gasteiger partial charge in [-0.3, -0.25) is 4.99 Å². The van der Waals surface area contributed by atoms with Gasteiger partial charge in [-0.05, 0) is 6.92 Å². The molecule has 0 amide bonds. The van der Waals surface area contributed by atoms with Crippen LogP contribution in [0.25, 0.3) is 0 Å². The Labute approximate surface area is 41.9 Å². The molecule has 0 atom stereocenters. The number of aliphatic hydroxyl groups is 1. The summed E-state index contributed by atoms with van der Waals surface area (Å²) in [5.74, 6) is 0. The summed E-state index contributed by atoms with van der Waals surface area (Å²) in [6.07, 6.45) is 0. The van der Waals surface area contributed by atoms with Crippen molar-refractivity contribution in [2.45, 2.75) is 6.92 Å². The minimum atomic E-state index is -0.292. The van der Waals surface area contributed by atoms with E-state index < -0.39 is 0 Å². The number of hydrogen-bond donors (Lipinski definition) is 1. The third-order valence-corrected chi connectivity index (χ3v) is 0.470. The monoisotopic (exact) mass is 98.0 g/mol. The molecule has 0 aliphatic carbocycles. The van der Waals surface area contributed by atoms with Crippen molar-refractivity contribution in [1.82, 2.24) is 0 Å². The second kappa shape index (κ2) is 3.32. The van der Waals surface area contributed by atoms with E-state index in [9.17, 15) is 0 Å². The summed E-state index contributed by atoms with van der Waals surface area (Å²) in [6.45, 7) is 1.25. The third kappa shape index (κ3) is 2.94. The summed E-state index contributed by atoms with van der Waals surface area (Å²) in [7, 11) is 0. The fourth-order valence-electron chi connectivity index (χ4n) is 0.141. The first-order valence-corrected chi connectivity index (χ1v) is 1.83. The molecule has 0 saturated heterocycles. The van der Waals surface area contributed by atoms with Crippen molar-refractivity contribution < 1.29 is 5.11 Å². The third-order valence-electron chi connectivity index (χ3n) is 0.470. The maximum absolute atomic E-state index is 8.03. The summed E-state index contributed by atoms with van der Waals surface area (Å²) in [5, 5.41) is 16.0. The Hall–Kier alpha value is -0.880. The molecule has 0 aromatic carbocycles. The highest BCUT2D eigenvalue weighted by Gasteiger charge is 1.77. The van der Waals surface area contributed by atoms with E-state index in [1.807, 2.05) is 0 Å². The molecule has 0 aromatic rings. The lowest BCUT2D eigenvalue weighted by atomic mass is 10.5. The zero-order valence-corrected chi connectivity index (χ0v) is 4.05. The molecule has 3 nitrogen and oxygen atoms in total. The van der Waals surface area contributed by atoms with Crippen LogP contribution in [0.5, 0.6) is 0 Å². The Morgan fingerprint density at radius 2 is 2.57 bits per heavy atom. The second-order valence-electron chi connectivity index (χ2n) is 0.997. The van der Waals surface area contributed by atoms with Crippen molar-refractivity contribution >= 4 is 5.71 Å². The lowest BCUT2D eigenvalue weighted by Gasteiger charge is -1.77. The average Bonchev–Trinajstić information content (AvgIpc) is 1.68. The van der Waals surface area contributed by atoms with Crippen LogP contribution in [0.1, 0.15) is 6.92 Å². The highest BCUT2D eigenvalue weighted by molar-refractivity contribution is 5.96. The van der Waals surface area contributed by atoms with Crippen LogP contribution in [-0.2, 0) is 0 Å². The number of aliphatic hydroxyl groups excluding tert-OH is 1. The van der Waals surface area contributed by atoms with E-state index >= 15 is 0 Å². The largest absolute Gasteiger partial charge is 0.375 e. The number of nitriles is 1. The van der Waals surface area contributed by atoms with Crippen LogP contribution in [-0.4, -0.2) is 17.5 Å². The van der Waals surface area contributed by atoms with E-state index in [2.05, 4.69) is 4.99 Å².